The number of carboxylic acids is 2. The highest BCUT2D eigenvalue weighted by atomic mass is 16.6. The van der Waals surface area contributed by atoms with Gasteiger partial charge in [0.25, 0.3) is 0 Å². The SMILES string of the molecule is C1CC2OC2CC1CC1CO1.O=C(O)c1ccc(CC2CO2)cc1C(=O)O. The Morgan fingerprint density at radius 2 is 1.67 bits per heavy atom. The summed E-state index contributed by atoms with van der Waals surface area (Å²) in [5, 5.41) is 17.7. The van der Waals surface area contributed by atoms with Gasteiger partial charge in [0.15, 0.2) is 0 Å². The van der Waals surface area contributed by atoms with Gasteiger partial charge in [0.1, 0.15) is 0 Å². The van der Waals surface area contributed by atoms with E-state index in [4.69, 9.17) is 24.4 Å². The Hall–Kier alpha value is -1.96. The fraction of sp³-hybridized carbons (Fsp3) is 0.600. The van der Waals surface area contributed by atoms with Crippen molar-refractivity contribution < 1.29 is 34.0 Å². The highest BCUT2D eigenvalue weighted by Gasteiger charge is 2.44. The van der Waals surface area contributed by atoms with Gasteiger partial charge in [-0.3, -0.25) is 0 Å². The van der Waals surface area contributed by atoms with Gasteiger partial charge in [-0.2, -0.15) is 0 Å². The molecule has 3 saturated heterocycles. The maximum absolute atomic E-state index is 10.9. The molecule has 5 unspecified atom stereocenters. The minimum Gasteiger partial charge on any atom is -0.478 e. The number of fused-ring (bicyclic) bond motifs is 1. The molecule has 4 aliphatic rings. The zero-order valence-electron chi connectivity index (χ0n) is 15.0. The van der Waals surface area contributed by atoms with Gasteiger partial charge >= 0.3 is 11.9 Å². The lowest BCUT2D eigenvalue weighted by molar-refractivity contribution is 0.0651. The van der Waals surface area contributed by atoms with Crippen molar-refractivity contribution in [1.82, 2.24) is 0 Å². The van der Waals surface area contributed by atoms with Crippen molar-refractivity contribution in [2.45, 2.75) is 56.5 Å². The van der Waals surface area contributed by atoms with E-state index in [0.717, 1.165) is 18.1 Å². The lowest BCUT2D eigenvalue weighted by atomic mass is 9.86. The van der Waals surface area contributed by atoms with Crippen molar-refractivity contribution in [3.8, 4) is 0 Å². The van der Waals surface area contributed by atoms with E-state index in [-0.39, 0.29) is 17.2 Å². The number of epoxide rings is 3. The largest absolute Gasteiger partial charge is 0.478 e. The molecule has 0 spiro atoms. The molecular weight excluding hydrogens is 352 g/mol. The number of ether oxygens (including phenoxy) is 3. The molecule has 0 bridgehead atoms. The van der Waals surface area contributed by atoms with Gasteiger partial charge in [-0.25, -0.2) is 9.59 Å². The van der Waals surface area contributed by atoms with E-state index in [1.165, 1.54) is 37.8 Å². The summed E-state index contributed by atoms with van der Waals surface area (Å²) in [6.45, 7) is 1.70. The molecule has 7 heteroatoms. The van der Waals surface area contributed by atoms with Crippen LogP contribution in [0.15, 0.2) is 18.2 Å². The number of rotatable bonds is 6. The topological polar surface area (TPSA) is 112 Å². The van der Waals surface area contributed by atoms with Gasteiger partial charge in [-0.15, -0.1) is 0 Å². The standard InChI is InChI=1S/C11H10O5.C9H14O2/c12-10(13)8-2-1-6(3-7-5-16-7)4-9(8)11(14)15;1-2-8-9(11-8)4-6(1)3-7-5-10-7/h1-2,4,7H,3,5H2,(H,12,13)(H,14,15);6-9H,1-5H2. The van der Waals surface area contributed by atoms with Gasteiger partial charge in [-0.1, -0.05) is 6.07 Å². The maximum Gasteiger partial charge on any atom is 0.336 e. The Labute approximate surface area is 157 Å². The van der Waals surface area contributed by atoms with Gasteiger partial charge in [-0.05, 0) is 49.3 Å². The van der Waals surface area contributed by atoms with Crippen LogP contribution >= 0.6 is 0 Å². The third kappa shape index (κ3) is 5.06. The predicted molar refractivity (Wildman–Crippen MR) is 94.2 cm³/mol. The van der Waals surface area contributed by atoms with Crippen LogP contribution in [0.3, 0.4) is 0 Å². The normalized spacial score (nSPS) is 32.5. The molecule has 0 radical (unpaired) electrons. The fourth-order valence-corrected chi connectivity index (χ4v) is 3.81. The van der Waals surface area contributed by atoms with Crippen LogP contribution in [0.4, 0.5) is 0 Å². The van der Waals surface area contributed by atoms with E-state index in [9.17, 15) is 9.59 Å². The first-order chi connectivity index (χ1) is 13.0. The second kappa shape index (κ2) is 7.58. The number of benzene rings is 1. The molecule has 27 heavy (non-hydrogen) atoms. The molecule has 1 aromatic rings. The van der Waals surface area contributed by atoms with Crippen LogP contribution in [-0.2, 0) is 20.6 Å². The Kier molecular flexibility index (Phi) is 5.16. The molecule has 0 aromatic heterocycles. The van der Waals surface area contributed by atoms with E-state index in [1.807, 2.05) is 0 Å². The Morgan fingerprint density at radius 1 is 0.963 bits per heavy atom. The average molecular weight is 376 g/mol. The molecule has 2 N–H and O–H groups in total. The summed E-state index contributed by atoms with van der Waals surface area (Å²) in [5.74, 6) is -1.55. The van der Waals surface area contributed by atoms with Gasteiger partial charge in [0.05, 0.1) is 48.8 Å². The maximum atomic E-state index is 10.9. The molecule has 0 amide bonds. The highest BCUT2D eigenvalue weighted by molar-refractivity contribution is 6.01. The first-order valence-corrected chi connectivity index (χ1v) is 9.47. The smallest absolute Gasteiger partial charge is 0.336 e. The monoisotopic (exact) mass is 376 g/mol. The van der Waals surface area contributed by atoms with Crippen LogP contribution in [0.2, 0.25) is 0 Å². The zero-order chi connectivity index (χ0) is 19.0. The van der Waals surface area contributed by atoms with Crippen LogP contribution in [-0.4, -0.2) is 59.8 Å². The van der Waals surface area contributed by atoms with E-state index in [1.54, 1.807) is 6.07 Å². The summed E-state index contributed by atoms with van der Waals surface area (Å²) in [7, 11) is 0. The number of carbonyl (C=O) groups is 2. The van der Waals surface area contributed by atoms with E-state index < -0.39 is 11.9 Å². The Balaban J connectivity index is 0.000000141. The number of hydrogen-bond acceptors (Lipinski definition) is 5. The van der Waals surface area contributed by atoms with Crippen LogP contribution in [0.25, 0.3) is 0 Å². The quantitative estimate of drug-likeness (QED) is 0.733. The number of carboxylic acid groups (broad SMARTS) is 2. The van der Waals surface area contributed by atoms with Gasteiger partial charge in [0.2, 0.25) is 0 Å². The molecule has 5 rings (SSSR count). The summed E-state index contributed by atoms with van der Waals surface area (Å²) >= 11 is 0. The first kappa shape index (κ1) is 18.4. The van der Waals surface area contributed by atoms with Crippen LogP contribution in [0, 0.1) is 5.92 Å². The number of aromatic carboxylic acids is 2. The summed E-state index contributed by atoms with van der Waals surface area (Å²) < 4.78 is 15.7. The van der Waals surface area contributed by atoms with E-state index in [2.05, 4.69) is 0 Å². The average Bonchev–Trinajstić information content (AvgIpc) is 3.48. The molecule has 7 nitrogen and oxygen atoms in total. The van der Waals surface area contributed by atoms with Crippen molar-refractivity contribution in [2.75, 3.05) is 13.2 Å². The third-order valence-corrected chi connectivity index (χ3v) is 5.52. The molecular formula is C20H24O7. The third-order valence-electron chi connectivity index (χ3n) is 5.52. The fourth-order valence-electron chi connectivity index (χ4n) is 3.81. The van der Waals surface area contributed by atoms with Crippen molar-refractivity contribution in [1.29, 1.82) is 0 Å². The second-order valence-corrected chi connectivity index (χ2v) is 7.73. The predicted octanol–water partition coefficient (Wildman–Crippen LogP) is 2.37. The molecule has 4 fully saturated rings. The van der Waals surface area contributed by atoms with Crippen LogP contribution < -0.4 is 0 Å². The highest BCUT2D eigenvalue weighted by Crippen LogP contribution is 2.42. The summed E-state index contributed by atoms with van der Waals surface area (Å²) in [6, 6.07) is 4.34. The Morgan fingerprint density at radius 3 is 2.26 bits per heavy atom. The molecule has 146 valence electrons. The van der Waals surface area contributed by atoms with E-state index >= 15 is 0 Å². The van der Waals surface area contributed by atoms with Gasteiger partial charge in [0, 0.05) is 6.42 Å². The lowest BCUT2D eigenvalue weighted by Crippen LogP contribution is -2.14. The molecule has 5 atom stereocenters. The zero-order valence-corrected chi connectivity index (χ0v) is 15.0. The molecule has 3 aliphatic heterocycles. The molecule has 1 aromatic carbocycles. The first-order valence-electron chi connectivity index (χ1n) is 9.47. The minimum atomic E-state index is -1.23. The second-order valence-electron chi connectivity index (χ2n) is 7.73. The van der Waals surface area contributed by atoms with E-state index in [0.29, 0.717) is 31.3 Å². The Bertz CT molecular complexity index is 721. The van der Waals surface area contributed by atoms with Crippen LogP contribution in [0.1, 0.15) is 52.0 Å². The lowest BCUT2D eigenvalue weighted by Gasteiger charge is -2.16. The molecule has 3 heterocycles. The summed E-state index contributed by atoms with van der Waals surface area (Å²) in [5.41, 5.74) is 0.420. The van der Waals surface area contributed by atoms with Crippen molar-refractivity contribution in [3.63, 3.8) is 0 Å². The van der Waals surface area contributed by atoms with Crippen LogP contribution in [0.5, 0.6) is 0 Å². The molecule has 1 aliphatic carbocycles. The number of hydrogen-bond donors (Lipinski definition) is 2. The summed E-state index contributed by atoms with van der Waals surface area (Å²) in [6.07, 6.45) is 7.99. The summed E-state index contributed by atoms with van der Waals surface area (Å²) in [4.78, 5) is 21.7. The van der Waals surface area contributed by atoms with Crippen molar-refractivity contribution in [2.24, 2.45) is 5.92 Å². The van der Waals surface area contributed by atoms with Crippen molar-refractivity contribution >= 4 is 11.9 Å². The van der Waals surface area contributed by atoms with Gasteiger partial charge < -0.3 is 24.4 Å². The van der Waals surface area contributed by atoms with Crippen molar-refractivity contribution in [3.05, 3.63) is 34.9 Å². The molecule has 1 saturated carbocycles. The minimum absolute atomic E-state index is 0.150.